The highest BCUT2D eigenvalue weighted by Gasteiger charge is 2.51. The van der Waals surface area contributed by atoms with E-state index in [0.29, 0.717) is 12.3 Å². The number of methoxy groups -OCH3 is 1. The van der Waals surface area contributed by atoms with Gasteiger partial charge in [0, 0.05) is 12.2 Å². The lowest BCUT2D eigenvalue weighted by molar-refractivity contribution is 0.00578. The molecule has 2 aromatic rings. The van der Waals surface area contributed by atoms with Gasteiger partial charge in [0.2, 0.25) is 0 Å². The highest BCUT2D eigenvalue weighted by Crippen LogP contribution is 2.36. The van der Waals surface area contributed by atoms with Crippen molar-refractivity contribution >= 4 is 18.3 Å². The van der Waals surface area contributed by atoms with Gasteiger partial charge in [0.25, 0.3) is 0 Å². The molecule has 1 heterocycles. The van der Waals surface area contributed by atoms with Crippen LogP contribution in [0.3, 0.4) is 0 Å². The molecule has 0 amide bonds. The van der Waals surface area contributed by atoms with Crippen molar-refractivity contribution in [1.82, 2.24) is 0 Å². The number of aromatic hydroxyl groups is 1. The Labute approximate surface area is 155 Å². The topological polar surface area (TPSA) is 60.0 Å². The Morgan fingerprint density at radius 3 is 2.19 bits per heavy atom. The Morgan fingerprint density at radius 1 is 1.00 bits per heavy atom. The largest absolute Gasteiger partial charge is 0.504 e. The molecule has 0 unspecified atom stereocenters. The minimum atomic E-state index is -0.351. The first-order valence-electron chi connectivity index (χ1n) is 8.77. The number of hydrogen-bond donors (Lipinski definition) is 2. The van der Waals surface area contributed by atoms with Crippen LogP contribution in [0.2, 0.25) is 0 Å². The van der Waals surface area contributed by atoms with Gasteiger partial charge >= 0.3 is 7.12 Å². The second-order valence-electron chi connectivity index (χ2n) is 7.57. The normalized spacial score (nSPS) is 18.0. The number of anilines is 1. The van der Waals surface area contributed by atoms with Gasteiger partial charge in [-0.05, 0) is 63.0 Å². The first kappa shape index (κ1) is 18.6. The van der Waals surface area contributed by atoms with Crippen LogP contribution in [-0.2, 0) is 15.9 Å². The maximum Gasteiger partial charge on any atom is 0.494 e. The molecule has 3 rings (SSSR count). The first-order valence-corrected chi connectivity index (χ1v) is 8.77. The first-order chi connectivity index (χ1) is 12.2. The molecule has 6 heteroatoms. The smallest absolute Gasteiger partial charge is 0.494 e. The van der Waals surface area contributed by atoms with Crippen molar-refractivity contribution < 1.29 is 19.2 Å². The molecule has 0 saturated carbocycles. The van der Waals surface area contributed by atoms with Gasteiger partial charge < -0.3 is 24.5 Å². The Kier molecular flexibility index (Phi) is 4.91. The molecule has 0 aromatic heterocycles. The van der Waals surface area contributed by atoms with Gasteiger partial charge in [0.15, 0.2) is 11.5 Å². The van der Waals surface area contributed by atoms with E-state index >= 15 is 0 Å². The number of nitrogens with one attached hydrogen (secondary N) is 1. The van der Waals surface area contributed by atoms with E-state index in [1.165, 1.54) is 0 Å². The van der Waals surface area contributed by atoms with Crippen LogP contribution >= 0.6 is 0 Å². The van der Waals surface area contributed by atoms with Crippen molar-refractivity contribution in [3.63, 3.8) is 0 Å². The second-order valence-corrected chi connectivity index (χ2v) is 7.57. The van der Waals surface area contributed by atoms with E-state index in [-0.39, 0.29) is 24.1 Å². The molecule has 2 N–H and O–H groups in total. The van der Waals surface area contributed by atoms with Crippen molar-refractivity contribution in [3.05, 3.63) is 48.0 Å². The minimum Gasteiger partial charge on any atom is -0.504 e. The summed E-state index contributed by atoms with van der Waals surface area (Å²) in [6.45, 7) is 8.83. The summed E-state index contributed by atoms with van der Waals surface area (Å²) in [7, 11) is 1.19. The summed E-state index contributed by atoms with van der Waals surface area (Å²) in [5.74, 6) is 0.614. The van der Waals surface area contributed by atoms with Crippen LogP contribution in [0, 0.1) is 0 Å². The molecule has 1 fully saturated rings. The van der Waals surface area contributed by atoms with Crippen molar-refractivity contribution in [2.45, 2.75) is 45.4 Å². The zero-order valence-electron chi connectivity index (χ0n) is 16.0. The zero-order chi connectivity index (χ0) is 18.9. The molecule has 0 atom stereocenters. The molecule has 5 nitrogen and oxygen atoms in total. The van der Waals surface area contributed by atoms with E-state index in [1.807, 2.05) is 36.4 Å². The number of phenolic OH excluding ortho intramolecular Hbond substituents is 1. The molecular weight excluding hydrogens is 329 g/mol. The zero-order valence-corrected chi connectivity index (χ0v) is 16.0. The van der Waals surface area contributed by atoms with Crippen LogP contribution in [-0.4, -0.2) is 30.5 Å². The monoisotopic (exact) mass is 355 g/mol. The van der Waals surface area contributed by atoms with Crippen molar-refractivity contribution in [2.75, 3.05) is 12.4 Å². The minimum absolute atomic E-state index is 0.142. The summed E-state index contributed by atoms with van der Waals surface area (Å²) in [5, 5.41) is 13.0. The second kappa shape index (κ2) is 6.85. The Balaban J connectivity index is 1.64. The third kappa shape index (κ3) is 3.66. The predicted octanol–water partition coefficient (Wildman–Crippen LogP) is 3.31. The van der Waals surface area contributed by atoms with E-state index in [2.05, 4.69) is 33.0 Å². The van der Waals surface area contributed by atoms with Gasteiger partial charge in [-0.2, -0.15) is 0 Å². The van der Waals surface area contributed by atoms with Crippen LogP contribution in [0.5, 0.6) is 11.5 Å². The summed E-state index contributed by atoms with van der Waals surface area (Å²) in [4.78, 5) is 0. The van der Waals surface area contributed by atoms with Gasteiger partial charge in [-0.3, -0.25) is 0 Å². The van der Waals surface area contributed by atoms with Crippen molar-refractivity contribution in [1.29, 1.82) is 0 Å². The third-order valence-corrected chi connectivity index (χ3v) is 5.18. The van der Waals surface area contributed by atoms with Crippen molar-refractivity contribution in [2.24, 2.45) is 0 Å². The van der Waals surface area contributed by atoms with Crippen molar-refractivity contribution in [3.8, 4) is 11.5 Å². The molecule has 2 aromatic carbocycles. The highest BCUT2D eigenvalue weighted by molar-refractivity contribution is 6.62. The molecule has 0 radical (unpaired) electrons. The summed E-state index contributed by atoms with van der Waals surface area (Å²) < 4.78 is 17.3. The summed E-state index contributed by atoms with van der Waals surface area (Å²) >= 11 is 0. The fourth-order valence-electron chi connectivity index (χ4n) is 2.77. The molecule has 0 aliphatic carbocycles. The van der Waals surface area contributed by atoms with Gasteiger partial charge in [-0.15, -0.1) is 0 Å². The number of hydrogen-bond acceptors (Lipinski definition) is 5. The number of phenols is 1. The van der Waals surface area contributed by atoms with Crippen LogP contribution in [0.15, 0.2) is 42.5 Å². The molecule has 1 aliphatic heterocycles. The lowest BCUT2D eigenvalue weighted by Gasteiger charge is -2.32. The molecular formula is C20H26BNO4. The fraction of sp³-hybridized carbons (Fsp3) is 0.400. The van der Waals surface area contributed by atoms with Gasteiger partial charge in [0.1, 0.15) is 0 Å². The van der Waals surface area contributed by atoms with E-state index in [9.17, 15) is 5.11 Å². The fourth-order valence-corrected chi connectivity index (χ4v) is 2.77. The molecule has 26 heavy (non-hydrogen) atoms. The van der Waals surface area contributed by atoms with Gasteiger partial charge in [-0.25, -0.2) is 0 Å². The maximum atomic E-state index is 9.66. The number of rotatable bonds is 5. The predicted molar refractivity (Wildman–Crippen MR) is 104 cm³/mol. The standard InChI is InChI=1S/C20H26BNO4/c1-19(2)20(3,4)26-21(25-19)15-7-9-16(10-8-15)22-13-14-6-11-17(23)18(12-14)24-5/h6-12,22-23H,13H2,1-5H3. The van der Waals surface area contributed by atoms with E-state index in [4.69, 9.17) is 14.0 Å². The number of ether oxygens (including phenoxy) is 1. The highest BCUT2D eigenvalue weighted by atomic mass is 16.7. The summed E-state index contributed by atoms with van der Waals surface area (Å²) in [5.41, 5.74) is 2.34. The Morgan fingerprint density at radius 2 is 1.62 bits per heavy atom. The summed E-state index contributed by atoms with van der Waals surface area (Å²) in [6.07, 6.45) is 0. The SMILES string of the molecule is COc1cc(CNc2ccc(B3OC(C)(C)C(C)(C)O3)cc2)ccc1O. The van der Waals surface area contributed by atoms with Crippen LogP contribution in [0.25, 0.3) is 0 Å². The average molecular weight is 355 g/mol. The van der Waals surface area contributed by atoms with E-state index in [1.54, 1.807) is 13.2 Å². The molecule has 138 valence electrons. The van der Waals surface area contributed by atoms with E-state index in [0.717, 1.165) is 16.7 Å². The van der Waals surface area contributed by atoms with Crippen LogP contribution in [0.1, 0.15) is 33.3 Å². The molecule has 1 aliphatic rings. The lowest BCUT2D eigenvalue weighted by atomic mass is 9.79. The third-order valence-electron chi connectivity index (χ3n) is 5.18. The van der Waals surface area contributed by atoms with Crippen LogP contribution in [0.4, 0.5) is 5.69 Å². The molecule has 0 bridgehead atoms. The Hall–Kier alpha value is -2.18. The molecule has 1 saturated heterocycles. The summed E-state index contributed by atoms with van der Waals surface area (Å²) in [6, 6.07) is 13.4. The van der Waals surface area contributed by atoms with Crippen LogP contribution < -0.4 is 15.5 Å². The Bertz CT molecular complexity index is 758. The lowest BCUT2D eigenvalue weighted by Crippen LogP contribution is -2.41. The van der Waals surface area contributed by atoms with Gasteiger partial charge in [-0.1, -0.05) is 18.2 Å². The number of benzene rings is 2. The average Bonchev–Trinajstić information content (AvgIpc) is 2.82. The maximum absolute atomic E-state index is 9.66. The quantitative estimate of drug-likeness (QED) is 0.806. The van der Waals surface area contributed by atoms with E-state index < -0.39 is 0 Å². The van der Waals surface area contributed by atoms with Gasteiger partial charge in [0.05, 0.1) is 18.3 Å². The molecule has 0 spiro atoms.